The molecule has 0 bridgehead atoms. The van der Waals surface area contributed by atoms with Crippen molar-refractivity contribution in [3.05, 3.63) is 63.0 Å². The van der Waals surface area contributed by atoms with Crippen molar-refractivity contribution in [3.63, 3.8) is 0 Å². The van der Waals surface area contributed by atoms with Crippen LogP contribution >= 0.6 is 11.6 Å². The van der Waals surface area contributed by atoms with Gasteiger partial charge in [-0.15, -0.1) is 0 Å². The fourth-order valence-corrected chi connectivity index (χ4v) is 3.50. The van der Waals surface area contributed by atoms with Crippen LogP contribution in [-0.2, 0) is 13.0 Å². The third-order valence-corrected chi connectivity index (χ3v) is 4.82. The Balaban J connectivity index is 2.41. The lowest BCUT2D eigenvalue weighted by Crippen LogP contribution is -2.28. The zero-order valence-electron chi connectivity index (χ0n) is 15.7. The van der Waals surface area contributed by atoms with Crippen LogP contribution < -0.4 is 5.56 Å². The quantitative estimate of drug-likeness (QED) is 0.678. The second-order valence-electron chi connectivity index (χ2n) is 6.79. The van der Waals surface area contributed by atoms with Gasteiger partial charge in [0.2, 0.25) is 0 Å². The smallest absolute Gasteiger partial charge is 0.256 e. The molecule has 1 aromatic carbocycles. The third kappa shape index (κ3) is 3.53. The van der Waals surface area contributed by atoms with Crippen molar-refractivity contribution in [2.45, 2.75) is 26.8 Å². The summed E-state index contributed by atoms with van der Waals surface area (Å²) < 4.78 is 1.78. The maximum Gasteiger partial charge on any atom is 0.256 e. The molecule has 0 aliphatic heterocycles. The average molecular weight is 370 g/mol. The first-order valence-corrected chi connectivity index (χ1v) is 9.24. The van der Waals surface area contributed by atoms with Crippen molar-refractivity contribution in [3.8, 4) is 11.1 Å². The largest absolute Gasteiger partial charge is 0.309 e. The summed E-state index contributed by atoms with van der Waals surface area (Å²) in [7, 11) is 4.03. The molecule has 0 fully saturated rings. The van der Waals surface area contributed by atoms with Gasteiger partial charge in [0.1, 0.15) is 5.65 Å². The number of pyridine rings is 2. The van der Waals surface area contributed by atoms with Gasteiger partial charge in [0.15, 0.2) is 0 Å². The maximum absolute atomic E-state index is 13.3. The number of benzene rings is 1. The molecule has 4 nitrogen and oxygen atoms in total. The Kier molecular flexibility index (Phi) is 5.44. The van der Waals surface area contributed by atoms with E-state index in [0.717, 1.165) is 40.0 Å². The van der Waals surface area contributed by atoms with E-state index in [1.807, 2.05) is 58.3 Å². The van der Waals surface area contributed by atoms with Crippen molar-refractivity contribution in [1.82, 2.24) is 14.5 Å². The van der Waals surface area contributed by atoms with Gasteiger partial charge in [-0.05, 0) is 64.2 Å². The molecule has 0 N–H and O–H groups in total. The molecular formula is C21H24ClN3O. The highest BCUT2D eigenvalue weighted by atomic mass is 35.5. The lowest BCUT2D eigenvalue weighted by Gasteiger charge is -2.18. The standard InChI is InChI=1S/C21H24ClN3O/c1-5-25-20-17(10-9-14(2)23-20)19(15-7-6-8-16(22)13-15)18(21(25)26)11-12-24(3)4/h6-10,13H,5,11-12H2,1-4H3. The lowest BCUT2D eigenvalue weighted by atomic mass is 9.95. The van der Waals surface area contributed by atoms with E-state index in [1.165, 1.54) is 0 Å². The molecule has 0 amide bonds. The molecule has 3 rings (SSSR count). The fourth-order valence-electron chi connectivity index (χ4n) is 3.31. The Hall–Kier alpha value is -2.17. The number of hydrogen-bond acceptors (Lipinski definition) is 3. The van der Waals surface area contributed by atoms with E-state index in [-0.39, 0.29) is 5.56 Å². The fraction of sp³-hybridized carbons (Fsp3) is 0.333. The molecule has 0 spiro atoms. The molecule has 0 radical (unpaired) electrons. The van der Waals surface area contributed by atoms with Gasteiger partial charge in [0.25, 0.3) is 5.56 Å². The van der Waals surface area contributed by atoms with Crippen LogP contribution in [0.1, 0.15) is 18.2 Å². The van der Waals surface area contributed by atoms with Crippen molar-refractivity contribution >= 4 is 22.6 Å². The molecule has 2 heterocycles. The van der Waals surface area contributed by atoms with E-state index in [4.69, 9.17) is 11.6 Å². The van der Waals surface area contributed by atoms with Crippen LogP contribution in [0.2, 0.25) is 5.02 Å². The molecule has 5 heteroatoms. The van der Waals surface area contributed by atoms with E-state index < -0.39 is 0 Å². The van der Waals surface area contributed by atoms with Crippen LogP contribution in [-0.4, -0.2) is 35.1 Å². The van der Waals surface area contributed by atoms with Gasteiger partial charge in [-0.1, -0.05) is 23.7 Å². The normalized spacial score (nSPS) is 11.5. The first-order chi connectivity index (χ1) is 12.4. The number of likely N-dealkylation sites (N-methyl/N-ethyl adjacent to an activating group) is 1. The van der Waals surface area contributed by atoms with Crippen LogP contribution in [0.5, 0.6) is 0 Å². The summed E-state index contributed by atoms with van der Waals surface area (Å²) in [6.45, 7) is 5.33. The predicted molar refractivity (Wildman–Crippen MR) is 109 cm³/mol. The van der Waals surface area contributed by atoms with Gasteiger partial charge in [0, 0.05) is 40.3 Å². The summed E-state index contributed by atoms with van der Waals surface area (Å²) in [5, 5.41) is 1.65. The van der Waals surface area contributed by atoms with Crippen LogP contribution in [0, 0.1) is 6.92 Å². The highest BCUT2D eigenvalue weighted by Crippen LogP contribution is 2.32. The maximum atomic E-state index is 13.3. The van der Waals surface area contributed by atoms with Gasteiger partial charge in [-0.25, -0.2) is 4.98 Å². The van der Waals surface area contributed by atoms with Crippen molar-refractivity contribution in [2.24, 2.45) is 0 Å². The van der Waals surface area contributed by atoms with E-state index in [9.17, 15) is 4.79 Å². The number of nitrogens with zero attached hydrogens (tertiary/aromatic N) is 3. The van der Waals surface area contributed by atoms with Gasteiger partial charge in [0.05, 0.1) is 0 Å². The van der Waals surface area contributed by atoms with E-state index in [1.54, 1.807) is 4.57 Å². The Morgan fingerprint density at radius 1 is 1.19 bits per heavy atom. The van der Waals surface area contributed by atoms with Crippen LogP contribution in [0.15, 0.2) is 41.2 Å². The first kappa shape index (κ1) is 18.6. The van der Waals surface area contributed by atoms with Crippen LogP contribution in [0.3, 0.4) is 0 Å². The third-order valence-electron chi connectivity index (χ3n) is 4.58. The molecule has 2 aromatic heterocycles. The minimum atomic E-state index is 0.0370. The molecule has 0 atom stereocenters. The highest BCUT2D eigenvalue weighted by molar-refractivity contribution is 6.30. The molecule has 0 aliphatic carbocycles. The Labute approximate surface area is 159 Å². The van der Waals surface area contributed by atoms with Crippen LogP contribution in [0.25, 0.3) is 22.2 Å². The van der Waals surface area contributed by atoms with Crippen LogP contribution in [0.4, 0.5) is 0 Å². The van der Waals surface area contributed by atoms with E-state index in [0.29, 0.717) is 18.0 Å². The second kappa shape index (κ2) is 7.60. The Morgan fingerprint density at radius 3 is 2.62 bits per heavy atom. The topological polar surface area (TPSA) is 38.1 Å². The van der Waals surface area contributed by atoms with Gasteiger partial charge in [-0.2, -0.15) is 0 Å². The lowest BCUT2D eigenvalue weighted by molar-refractivity contribution is 0.413. The number of halogens is 1. The van der Waals surface area contributed by atoms with Gasteiger partial charge in [-0.3, -0.25) is 9.36 Å². The SMILES string of the molecule is CCn1c(=O)c(CCN(C)C)c(-c2cccc(Cl)c2)c2ccc(C)nc21. The van der Waals surface area contributed by atoms with Crippen molar-refractivity contribution in [2.75, 3.05) is 20.6 Å². The Bertz CT molecular complexity index is 1010. The number of aromatic nitrogens is 2. The number of aryl methyl sites for hydroxylation is 2. The summed E-state index contributed by atoms with van der Waals surface area (Å²) >= 11 is 6.24. The predicted octanol–water partition coefficient (Wildman–Crippen LogP) is 4.15. The number of hydrogen-bond donors (Lipinski definition) is 0. The van der Waals surface area contributed by atoms with Crippen molar-refractivity contribution in [1.29, 1.82) is 0 Å². The molecule has 0 saturated carbocycles. The monoisotopic (exact) mass is 369 g/mol. The minimum Gasteiger partial charge on any atom is -0.309 e. The Morgan fingerprint density at radius 2 is 1.96 bits per heavy atom. The van der Waals surface area contributed by atoms with Gasteiger partial charge >= 0.3 is 0 Å². The molecule has 3 aromatic rings. The number of fused-ring (bicyclic) bond motifs is 1. The summed E-state index contributed by atoms with van der Waals surface area (Å²) in [6, 6.07) is 11.8. The zero-order chi connectivity index (χ0) is 18.8. The summed E-state index contributed by atoms with van der Waals surface area (Å²) in [5.74, 6) is 0. The molecule has 0 unspecified atom stereocenters. The zero-order valence-corrected chi connectivity index (χ0v) is 16.5. The highest BCUT2D eigenvalue weighted by Gasteiger charge is 2.19. The number of rotatable bonds is 5. The minimum absolute atomic E-state index is 0.0370. The average Bonchev–Trinajstić information content (AvgIpc) is 2.59. The molecule has 0 aliphatic rings. The first-order valence-electron chi connectivity index (χ1n) is 8.86. The summed E-state index contributed by atoms with van der Waals surface area (Å²) in [5.41, 5.74) is 4.41. The van der Waals surface area contributed by atoms with E-state index >= 15 is 0 Å². The molecule has 26 heavy (non-hydrogen) atoms. The van der Waals surface area contributed by atoms with Crippen molar-refractivity contribution < 1.29 is 0 Å². The molecular weight excluding hydrogens is 346 g/mol. The second-order valence-corrected chi connectivity index (χ2v) is 7.23. The molecule has 0 saturated heterocycles. The summed E-state index contributed by atoms with van der Waals surface area (Å²) in [6.07, 6.45) is 0.678. The van der Waals surface area contributed by atoms with E-state index in [2.05, 4.69) is 16.0 Å². The molecule has 136 valence electrons. The van der Waals surface area contributed by atoms with Gasteiger partial charge < -0.3 is 4.90 Å². The summed E-state index contributed by atoms with van der Waals surface area (Å²) in [4.78, 5) is 20.1.